The summed E-state index contributed by atoms with van der Waals surface area (Å²) in [6.45, 7) is 9.93. The third-order valence-corrected chi connectivity index (χ3v) is 7.16. The van der Waals surface area contributed by atoms with E-state index in [4.69, 9.17) is 23.7 Å². The van der Waals surface area contributed by atoms with Crippen LogP contribution < -0.4 is 33.8 Å². The number of carbonyl (C=O) groups is 1. The fraction of sp³-hybridized carbons (Fsp3) is 0.300. The van der Waals surface area contributed by atoms with Gasteiger partial charge in [0.25, 0.3) is 5.56 Å². The van der Waals surface area contributed by atoms with Crippen molar-refractivity contribution in [2.24, 2.45) is 4.99 Å². The molecule has 0 fully saturated rings. The summed E-state index contributed by atoms with van der Waals surface area (Å²) in [5.41, 5.74) is 1.77. The molecule has 210 valence electrons. The first-order valence-corrected chi connectivity index (χ1v) is 13.6. The first-order chi connectivity index (χ1) is 19.4. The Hall–Kier alpha value is -4.31. The van der Waals surface area contributed by atoms with Gasteiger partial charge in [-0.1, -0.05) is 30.1 Å². The van der Waals surface area contributed by atoms with E-state index in [-0.39, 0.29) is 17.7 Å². The van der Waals surface area contributed by atoms with E-state index >= 15 is 0 Å². The zero-order chi connectivity index (χ0) is 28.8. The van der Waals surface area contributed by atoms with E-state index in [9.17, 15) is 9.59 Å². The number of esters is 1. The third kappa shape index (κ3) is 5.67. The number of methoxy groups -OCH3 is 2. The molecule has 2 aromatic carbocycles. The highest BCUT2D eigenvalue weighted by atomic mass is 32.1. The summed E-state index contributed by atoms with van der Waals surface area (Å²) in [6.07, 6.45) is 3.38. The van der Waals surface area contributed by atoms with Crippen LogP contribution in [0.1, 0.15) is 37.9 Å². The van der Waals surface area contributed by atoms with Crippen LogP contribution in [0.3, 0.4) is 0 Å². The van der Waals surface area contributed by atoms with E-state index in [2.05, 4.69) is 11.6 Å². The van der Waals surface area contributed by atoms with Crippen LogP contribution in [0.25, 0.3) is 6.08 Å². The summed E-state index contributed by atoms with van der Waals surface area (Å²) in [5, 5.41) is 0. The first kappa shape index (κ1) is 28.7. The van der Waals surface area contributed by atoms with Crippen molar-refractivity contribution < 1.29 is 28.5 Å². The fourth-order valence-corrected chi connectivity index (χ4v) is 5.47. The van der Waals surface area contributed by atoms with Crippen LogP contribution in [0.4, 0.5) is 0 Å². The lowest BCUT2D eigenvalue weighted by molar-refractivity contribution is -0.139. The second-order valence-corrected chi connectivity index (χ2v) is 9.66. The lowest BCUT2D eigenvalue weighted by atomic mass is 9.95. The van der Waals surface area contributed by atoms with Crippen LogP contribution >= 0.6 is 11.3 Å². The number of aromatic nitrogens is 1. The number of carbonyl (C=O) groups excluding carboxylic acids is 1. The average Bonchev–Trinajstić information content (AvgIpc) is 3.25. The molecule has 2 heterocycles. The predicted molar refractivity (Wildman–Crippen MR) is 153 cm³/mol. The van der Waals surface area contributed by atoms with Gasteiger partial charge in [-0.2, -0.15) is 0 Å². The smallest absolute Gasteiger partial charge is 0.338 e. The van der Waals surface area contributed by atoms with Gasteiger partial charge in [-0.15, -0.1) is 0 Å². The maximum atomic E-state index is 14.0. The Morgan fingerprint density at radius 3 is 2.50 bits per heavy atom. The molecule has 0 spiro atoms. The molecule has 1 aliphatic heterocycles. The highest BCUT2D eigenvalue weighted by Crippen LogP contribution is 2.36. The third-order valence-electron chi connectivity index (χ3n) is 6.18. The number of hydrogen-bond donors (Lipinski definition) is 0. The number of allylic oxidation sites excluding steroid dienone is 1. The van der Waals surface area contributed by atoms with Crippen molar-refractivity contribution in [3.05, 3.63) is 91.1 Å². The minimum atomic E-state index is -0.794. The summed E-state index contributed by atoms with van der Waals surface area (Å²) in [7, 11) is 3.14. The van der Waals surface area contributed by atoms with Gasteiger partial charge < -0.3 is 23.7 Å². The Bertz CT molecular complexity index is 1630. The van der Waals surface area contributed by atoms with Crippen molar-refractivity contribution >= 4 is 23.4 Å². The first-order valence-electron chi connectivity index (χ1n) is 12.8. The van der Waals surface area contributed by atoms with Crippen molar-refractivity contribution in [1.82, 2.24) is 4.57 Å². The molecule has 0 N–H and O–H groups in total. The fourth-order valence-electron chi connectivity index (χ4n) is 4.43. The normalized spacial score (nSPS) is 14.7. The molecule has 0 aliphatic carbocycles. The Balaban J connectivity index is 1.96. The molecule has 0 amide bonds. The molecule has 0 saturated heterocycles. The maximum absolute atomic E-state index is 14.0. The molecule has 10 heteroatoms. The van der Waals surface area contributed by atoms with Crippen LogP contribution in [0.5, 0.6) is 23.0 Å². The molecule has 1 aromatic heterocycles. The molecule has 3 aromatic rings. The molecular weight excluding hydrogens is 532 g/mol. The number of benzene rings is 2. The summed E-state index contributed by atoms with van der Waals surface area (Å²) < 4.78 is 29.8. The Morgan fingerprint density at radius 2 is 1.82 bits per heavy atom. The van der Waals surface area contributed by atoms with E-state index in [0.717, 1.165) is 0 Å². The second kappa shape index (κ2) is 12.7. The molecule has 9 nitrogen and oxygen atoms in total. The topological polar surface area (TPSA) is 97.6 Å². The quantitative estimate of drug-likeness (QED) is 0.258. The number of ether oxygens (including phenoxy) is 5. The van der Waals surface area contributed by atoms with Gasteiger partial charge in [0.15, 0.2) is 16.3 Å². The van der Waals surface area contributed by atoms with E-state index in [1.54, 1.807) is 70.6 Å². The number of thiazole rings is 1. The minimum Gasteiger partial charge on any atom is -0.497 e. The zero-order valence-corrected chi connectivity index (χ0v) is 24.0. The molecule has 4 rings (SSSR count). The average molecular weight is 565 g/mol. The zero-order valence-electron chi connectivity index (χ0n) is 23.2. The van der Waals surface area contributed by atoms with Crippen molar-refractivity contribution in [3.63, 3.8) is 0 Å². The van der Waals surface area contributed by atoms with Crippen LogP contribution in [-0.2, 0) is 9.53 Å². The van der Waals surface area contributed by atoms with Crippen molar-refractivity contribution in [3.8, 4) is 23.0 Å². The van der Waals surface area contributed by atoms with E-state index in [1.807, 2.05) is 13.0 Å². The number of nitrogens with zero attached hydrogens (tertiary/aromatic N) is 2. The summed E-state index contributed by atoms with van der Waals surface area (Å²) in [6, 6.07) is 9.92. The molecular formula is C30H32N2O7S. The van der Waals surface area contributed by atoms with Gasteiger partial charge in [0.1, 0.15) is 18.1 Å². The predicted octanol–water partition coefficient (Wildman–Crippen LogP) is 3.78. The summed E-state index contributed by atoms with van der Waals surface area (Å²) >= 11 is 1.23. The SMILES string of the molecule is C=CCOc1ccc(C2C(C(=O)OCC)=C(C)N=c3sc(=Cc4cc(OC)ccc4OC)c(=O)n32)cc1OCC. The second-order valence-electron chi connectivity index (χ2n) is 8.65. The standard InChI is InChI=1S/C30H32N2O7S/c1-7-14-39-23-12-10-19(16-24(23)37-8-2)27-26(29(34)38-9-3)18(4)31-30-32(27)28(33)25(40-30)17-20-15-21(35-5)11-13-22(20)36-6/h7,10-13,15-17,27H,1,8-9,14H2,2-6H3. The van der Waals surface area contributed by atoms with Crippen LogP contribution in [0.2, 0.25) is 0 Å². The Morgan fingerprint density at radius 1 is 1.05 bits per heavy atom. The Labute approximate surface area is 236 Å². The number of rotatable bonds is 11. The van der Waals surface area contributed by atoms with Gasteiger partial charge in [0.05, 0.1) is 49.3 Å². The molecule has 1 unspecified atom stereocenters. The van der Waals surface area contributed by atoms with Crippen LogP contribution in [-0.4, -0.2) is 44.6 Å². The molecule has 1 aliphatic rings. The minimum absolute atomic E-state index is 0.181. The number of fused-ring (bicyclic) bond motifs is 1. The molecule has 0 saturated carbocycles. The van der Waals surface area contributed by atoms with Gasteiger partial charge in [-0.25, -0.2) is 9.79 Å². The molecule has 1 atom stereocenters. The van der Waals surface area contributed by atoms with Gasteiger partial charge in [0, 0.05) is 5.56 Å². The molecule has 40 heavy (non-hydrogen) atoms. The van der Waals surface area contributed by atoms with Crippen molar-refractivity contribution in [1.29, 1.82) is 0 Å². The van der Waals surface area contributed by atoms with E-state index in [1.165, 1.54) is 15.9 Å². The van der Waals surface area contributed by atoms with Crippen molar-refractivity contribution in [2.75, 3.05) is 34.0 Å². The summed E-state index contributed by atoms with van der Waals surface area (Å²) in [5.74, 6) is 1.69. The largest absolute Gasteiger partial charge is 0.497 e. The van der Waals surface area contributed by atoms with Gasteiger partial charge >= 0.3 is 5.97 Å². The van der Waals surface area contributed by atoms with Crippen LogP contribution in [0, 0.1) is 0 Å². The molecule has 0 radical (unpaired) electrons. The monoisotopic (exact) mass is 564 g/mol. The van der Waals surface area contributed by atoms with Gasteiger partial charge in [-0.3, -0.25) is 9.36 Å². The van der Waals surface area contributed by atoms with Crippen LogP contribution in [0.15, 0.2) is 70.1 Å². The number of hydrogen-bond acceptors (Lipinski definition) is 9. The van der Waals surface area contributed by atoms with E-state index < -0.39 is 12.0 Å². The van der Waals surface area contributed by atoms with Gasteiger partial charge in [0.2, 0.25) is 0 Å². The van der Waals surface area contributed by atoms with E-state index in [0.29, 0.717) is 62.4 Å². The lowest BCUT2D eigenvalue weighted by Crippen LogP contribution is -2.40. The molecule has 0 bridgehead atoms. The lowest BCUT2D eigenvalue weighted by Gasteiger charge is -2.25. The Kier molecular flexibility index (Phi) is 9.11. The highest BCUT2D eigenvalue weighted by Gasteiger charge is 2.34. The highest BCUT2D eigenvalue weighted by molar-refractivity contribution is 7.07. The van der Waals surface area contributed by atoms with Gasteiger partial charge in [-0.05, 0) is 62.7 Å². The summed E-state index contributed by atoms with van der Waals surface area (Å²) in [4.78, 5) is 32.3. The maximum Gasteiger partial charge on any atom is 0.338 e. The van der Waals surface area contributed by atoms with Crippen molar-refractivity contribution in [2.45, 2.75) is 26.8 Å².